The molecular weight excluding hydrogens is 875 g/mol. The minimum Gasteiger partial charge on any atom is -0.394 e. The average Bonchev–Trinajstić information content (AvgIpc) is 3.36. The highest BCUT2D eigenvalue weighted by molar-refractivity contribution is 5.76. The number of unbranched alkanes of at least 4 members (excludes halogenated alkanes) is 33. The average molecular weight is 989 g/mol. The Hall–Kier alpha value is -1.85. The zero-order chi connectivity index (χ0) is 50.8. The Balaban J connectivity index is 2.16. The van der Waals surface area contributed by atoms with E-state index >= 15 is 0 Å². The molecule has 0 saturated carbocycles. The number of ether oxygens (including phenoxy) is 2. The molecule has 1 heterocycles. The predicted octanol–water partition coefficient (Wildman–Crippen LogP) is 14.9. The molecule has 0 aromatic rings. The third-order valence-corrected chi connectivity index (χ3v) is 14.2. The Kier molecular flexibility index (Phi) is 47.9. The second-order valence-electron chi connectivity index (χ2n) is 20.8. The number of carbonyl (C=O) groups excluding carboxylic acids is 1. The van der Waals surface area contributed by atoms with Gasteiger partial charge in [-0.2, -0.15) is 0 Å². The van der Waals surface area contributed by atoms with Crippen molar-refractivity contribution in [3.63, 3.8) is 0 Å². The molecule has 0 spiro atoms. The molecule has 1 aliphatic heterocycles. The second kappa shape index (κ2) is 50.7. The lowest BCUT2D eigenvalue weighted by Crippen LogP contribution is -2.60. The Labute approximate surface area is 431 Å². The lowest BCUT2D eigenvalue weighted by Gasteiger charge is -2.40. The molecule has 1 rings (SSSR count). The highest BCUT2D eigenvalue weighted by atomic mass is 16.7. The molecule has 7 unspecified atom stereocenters. The Morgan fingerprint density at radius 1 is 0.500 bits per heavy atom. The Morgan fingerprint density at radius 3 is 1.31 bits per heavy atom. The summed E-state index contributed by atoms with van der Waals surface area (Å²) in [5, 5.41) is 54.7. The molecule has 0 bridgehead atoms. The van der Waals surface area contributed by atoms with Gasteiger partial charge >= 0.3 is 0 Å². The maximum Gasteiger partial charge on any atom is 0.220 e. The van der Waals surface area contributed by atoms with Gasteiger partial charge in [-0.3, -0.25) is 4.79 Å². The van der Waals surface area contributed by atoms with Crippen LogP contribution < -0.4 is 5.32 Å². The fourth-order valence-corrected chi connectivity index (χ4v) is 9.51. The van der Waals surface area contributed by atoms with Crippen molar-refractivity contribution in [3.8, 4) is 0 Å². The molecule has 7 atom stereocenters. The van der Waals surface area contributed by atoms with Crippen LogP contribution in [0.5, 0.6) is 0 Å². The zero-order valence-corrected chi connectivity index (χ0v) is 45.5. The van der Waals surface area contributed by atoms with Gasteiger partial charge < -0.3 is 40.3 Å². The van der Waals surface area contributed by atoms with E-state index in [0.717, 1.165) is 77.0 Å². The molecule has 1 saturated heterocycles. The van der Waals surface area contributed by atoms with Gasteiger partial charge in [-0.25, -0.2) is 0 Å². The van der Waals surface area contributed by atoms with Crippen LogP contribution >= 0.6 is 0 Å². The van der Waals surface area contributed by atoms with Crippen molar-refractivity contribution in [2.24, 2.45) is 0 Å². The number of hydrogen-bond acceptors (Lipinski definition) is 8. The summed E-state index contributed by atoms with van der Waals surface area (Å²) in [6.45, 7) is 3.73. The first kappa shape index (κ1) is 66.2. The highest BCUT2D eigenvalue weighted by Crippen LogP contribution is 2.23. The van der Waals surface area contributed by atoms with Gasteiger partial charge in [0.2, 0.25) is 5.91 Å². The topological polar surface area (TPSA) is 149 Å². The molecular formula is C61H113NO8. The summed E-state index contributed by atoms with van der Waals surface area (Å²) in [4.78, 5) is 13.0. The van der Waals surface area contributed by atoms with Crippen LogP contribution in [0, 0.1) is 0 Å². The van der Waals surface area contributed by atoms with E-state index in [1.807, 2.05) is 0 Å². The normalized spacial score (nSPS) is 19.7. The number of hydrogen-bond donors (Lipinski definition) is 6. The van der Waals surface area contributed by atoms with Gasteiger partial charge in [0.15, 0.2) is 6.29 Å². The molecule has 0 radical (unpaired) electrons. The highest BCUT2D eigenvalue weighted by Gasteiger charge is 2.44. The molecule has 9 nitrogen and oxygen atoms in total. The molecule has 1 amide bonds. The van der Waals surface area contributed by atoms with Gasteiger partial charge in [-0.15, -0.1) is 0 Å². The molecule has 70 heavy (non-hydrogen) atoms. The maximum atomic E-state index is 13.0. The molecule has 1 fully saturated rings. The summed E-state index contributed by atoms with van der Waals surface area (Å²) in [7, 11) is 0. The van der Waals surface area contributed by atoms with Crippen LogP contribution in [-0.4, -0.2) is 87.5 Å². The third-order valence-electron chi connectivity index (χ3n) is 14.2. The summed E-state index contributed by atoms with van der Waals surface area (Å²) < 4.78 is 11.3. The van der Waals surface area contributed by atoms with Crippen molar-refractivity contribution >= 4 is 5.91 Å². The van der Waals surface area contributed by atoms with Gasteiger partial charge in [0.05, 0.1) is 25.4 Å². The third kappa shape index (κ3) is 39.7. The van der Waals surface area contributed by atoms with Gasteiger partial charge in [0.1, 0.15) is 24.4 Å². The molecule has 0 aromatic heterocycles. The molecule has 410 valence electrons. The molecule has 9 heteroatoms. The molecule has 6 N–H and O–H groups in total. The number of rotatable bonds is 51. The van der Waals surface area contributed by atoms with E-state index < -0.39 is 49.5 Å². The fourth-order valence-electron chi connectivity index (χ4n) is 9.51. The number of aliphatic hydroxyl groups is 5. The van der Waals surface area contributed by atoms with E-state index in [0.29, 0.717) is 12.8 Å². The van der Waals surface area contributed by atoms with Crippen LogP contribution in [0.25, 0.3) is 0 Å². The molecule has 0 aliphatic carbocycles. The second-order valence-corrected chi connectivity index (χ2v) is 20.8. The minimum absolute atomic E-state index is 0.149. The summed E-state index contributed by atoms with van der Waals surface area (Å²) >= 11 is 0. The van der Waals surface area contributed by atoms with Crippen molar-refractivity contribution in [1.82, 2.24) is 5.32 Å². The van der Waals surface area contributed by atoms with Gasteiger partial charge in [0.25, 0.3) is 0 Å². The maximum absolute atomic E-state index is 13.0. The summed E-state index contributed by atoms with van der Waals surface area (Å²) in [5.41, 5.74) is 0. The zero-order valence-electron chi connectivity index (χ0n) is 45.5. The monoisotopic (exact) mass is 988 g/mol. The first-order valence-corrected chi connectivity index (χ1v) is 29.8. The summed E-state index contributed by atoms with van der Waals surface area (Å²) in [5.74, 6) is -0.166. The largest absolute Gasteiger partial charge is 0.394 e. The number of allylic oxidation sites excluding steroid dienone is 8. The van der Waals surface area contributed by atoms with Crippen molar-refractivity contribution in [3.05, 3.63) is 48.6 Å². The number of nitrogens with one attached hydrogen (secondary N) is 1. The number of aliphatic hydroxyl groups excluding tert-OH is 5. The lowest BCUT2D eigenvalue weighted by molar-refractivity contribution is -0.302. The fraction of sp³-hybridized carbons (Fsp3) is 0.852. The quantitative estimate of drug-likeness (QED) is 0.0261. The lowest BCUT2D eigenvalue weighted by atomic mass is 9.99. The van der Waals surface area contributed by atoms with Crippen LogP contribution in [0.2, 0.25) is 0 Å². The standard InChI is InChI=1S/C61H113NO8/c1-3-5-7-9-11-13-15-17-19-21-22-23-24-25-26-27-28-29-30-31-32-33-35-36-38-40-42-44-46-48-50-55(64)54(53-69-61-60(68)59(67)58(66)56(52-63)70-61)62-57(65)51-49-47-45-43-41-39-37-34-20-18-16-14-12-10-8-6-4-2/h6,8,12,14,18,20,37,39,54-56,58-61,63-64,66-68H,3-5,7,9-11,13,15-17,19,21-36,38,40-53H2,1-2H3,(H,62,65)/b8-6-,14-12-,20-18-,39-37-. The van der Waals surface area contributed by atoms with Crippen LogP contribution in [0.15, 0.2) is 48.6 Å². The van der Waals surface area contributed by atoms with Crippen LogP contribution in [0.4, 0.5) is 0 Å². The minimum atomic E-state index is -1.56. The van der Waals surface area contributed by atoms with E-state index in [1.54, 1.807) is 0 Å². The van der Waals surface area contributed by atoms with E-state index in [-0.39, 0.29) is 12.5 Å². The van der Waals surface area contributed by atoms with Crippen molar-refractivity contribution < 1.29 is 39.8 Å². The SMILES string of the molecule is CC/C=C\C/C=C\C/C=C\C/C=C\CCCCCCC(=O)NC(COC1OC(CO)C(O)C(O)C1O)C(O)CCCCCCCCCCCCCCCCCCCCCCCCCCCCCCCC. The van der Waals surface area contributed by atoms with Crippen LogP contribution in [-0.2, 0) is 14.3 Å². The molecule has 0 aromatic carbocycles. The van der Waals surface area contributed by atoms with E-state index in [1.165, 1.54) is 173 Å². The summed E-state index contributed by atoms with van der Waals surface area (Å²) in [6, 6.07) is -0.735. The van der Waals surface area contributed by atoms with Crippen LogP contribution in [0.3, 0.4) is 0 Å². The van der Waals surface area contributed by atoms with Crippen molar-refractivity contribution in [2.45, 2.75) is 320 Å². The van der Waals surface area contributed by atoms with Gasteiger partial charge in [-0.05, 0) is 51.4 Å². The van der Waals surface area contributed by atoms with Gasteiger partial charge in [0, 0.05) is 6.42 Å². The number of carbonyl (C=O) groups is 1. The first-order valence-electron chi connectivity index (χ1n) is 29.8. The predicted molar refractivity (Wildman–Crippen MR) is 295 cm³/mol. The Morgan fingerprint density at radius 2 is 0.886 bits per heavy atom. The summed E-state index contributed by atoms with van der Waals surface area (Å²) in [6.07, 6.45) is 60.1. The first-order chi connectivity index (χ1) is 34.3. The van der Waals surface area contributed by atoms with E-state index in [9.17, 15) is 30.3 Å². The smallest absolute Gasteiger partial charge is 0.220 e. The van der Waals surface area contributed by atoms with Gasteiger partial charge in [-0.1, -0.05) is 268 Å². The van der Waals surface area contributed by atoms with Crippen LogP contribution in [0.1, 0.15) is 277 Å². The van der Waals surface area contributed by atoms with Crippen molar-refractivity contribution in [1.29, 1.82) is 0 Å². The van der Waals surface area contributed by atoms with E-state index in [2.05, 4.69) is 67.8 Å². The Bertz CT molecular complexity index is 1240. The number of amides is 1. The van der Waals surface area contributed by atoms with Crippen molar-refractivity contribution in [2.75, 3.05) is 13.2 Å². The van der Waals surface area contributed by atoms with E-state index in [4.69, 9.17) is 9.47 Å². The molecule has 1 aliphatic rings.